The average Bonchev–Trinajstić information content (AvgIpc) is 2.89. The molecule has 3 atom stereocenters. The van der Waals surface area contributed by atoms with Gasteiger partial charge in [0.25, 0.3) is 0 Å². The lowest BCUT2D eigenvalue weighted by Gasteiger charge is -2.25. The van der Waals surface area contributed by atoms with Gasteiger partial charge in [0.15, 0.2) is 0 Å². The second kappa shape index (κ2) is 3.81. The molecule has 4 heteroatoms. The summed E-state index contributed by atoms with van der Waals surface area (Å²) in [7, 11) is 0. The van der Waals surface area contributed by atoms with E-state index in [1.54, 1.807) is 18.2 Å². The fraction of sp³-hybridized carbons (Fsp3) is 0.462. The summed E-state index contributed by atoms with van der Waals surface area (Å²) >= 11 is 0. The highest BCUT2D eigenvalue weighted by Crippen LogP contribution is 2.41. The molecule has 0 bridgehead atoms. The second-order valence-corrected chi connectivity index (χ2v) is 4.89. The highest BCUT2D eigenvalue weighted by molar-refractivity contribution is 5.81. The Balaban J connectivity index is 1.92. The van der Waals surface area contributed by atoms with Crippen LogP contribution in [0.15, 0.2) is 24.3 Å². The number of nitrogens with one attached hydrogen (secondary N) is 1. The zero-order valence-corrected chi connectivity index (χ0v) is 9.69. The summed E-state index contributed by atoms with van der Waals surface area (Å²) in [6.07, 6.45) is 0.733. The van der Waals surface area contributed by atoms with Crippen molar-refractivity contribution in [2.45, 2.75) is 25.6 Å². The van der Waals surface area contributed by atoms with Crippen LogP contribution in [-0.2, 0) is 4.79 Å². The van der Waals surface area contributed by atoms with Gasteiger partial charge >= 0.3 is 0 Å². The summed E-state index contributed by atoms with van der Waals surface area (Å²) in [5.41, 5.74) is 0.567. The van der Waals surface area contributed by atoms with Gasteiger partial charge < -0.3 is 4.90 Å². The van der Waals surface area contributed by atoms with E-state index >= 15 is 0 Å². The minimum Gasteiger partial charge on any atom is -0.318 e. The molecular formula is C13H15FN2O. The third-order valence-electron chi connectivity index (χ3n) is 3.64. The molecule has 3 rings (SSSR count). The molecular weight excluding hydrogens is 219 g/mol. The van der Waals surface area contributed by atoms with Gasteiger partial charge in [-0.1, -0.05) is 25.1 Å². The van der Waals surface area contributed by atoms with Crippen molar-refractivity contribution in [1.29, 1.82) is 0 Å². The topological polar surface area (TPSA) is 32.3 Å². The smallest absolute Gasteiger partial charge is 0.238 e. The van der Waals surface area contributed by atoms with Gasteiger partial charge in [0.05, 0.1) is 6.54 Å². The molecule has 2 fully saturated rings. The molecule has 2 aliphatic rings. The molecule has 1 aliphatic carbocycles. The lowest BCUT2D eigenvalue weighted by molar-refractivity contribution is -0.128. The Labute approximate surface area is 99.6 Å². The lowest BCUT2D eigenvalue weighted by Crippen LogP contribution is -2.33. The van der Waals surface area contributed by atoms with Gasteiger partial charge in [0.1, 0.15) is 12.0 Å². The lowest BCUT2D eigenvalue weighted by atomic mass is 10.1. The predicted octanol–water partition coefficient (Wildman–Crippen LogP) is 1.66. The van der Waals surface area contributed by atoms with Gasteiger partial charge in [-0.25, -0.2) is 4.39 Å². The molecule has 3 unspecified atom stereocenters. The third kappa shape index (κ3) is 1.72. The molecule has 1 aromatic rings. The summed E-state index contributed by atoms with van der Waals surface area (Å²) in [5.74, 6) is 0.360. The first kappa shape index (κ1) is 10.7. The van der Waals surface area contributed by atoms with E-state index in [9.17, 15) is 9.18 Å². The standard InChI is InChI=1S/C13H15FN2O/c1-8-6-11(8)16-12(17)7-15-13(16)9-4-2-3-5-10(9)14/h2-5,8,11,13,15H,6-7H2,1H3. The van der Waals surface area contributed by atoms with Crippen LogP contribution in [0.3, 0.4) is 0 Å². The van der Waals surface area contributed by atoms with E-state index in [0.29, 0.717) is 18.0 Å². The van der Waals surface area contributed by atoms with Crippen LogP contribution in [-0.4, -0.2) is 23.4 Å². The van der Waals surface area contributed by atoms with Gasteiger partial charge in [-0.3, -0.25) is 10.1 Å². The van der Waals surface area contributed by atoms with Crippen molar-refractivity contribution >= 4 is 5.91 Å². The Morgan fingerprint density at radius 1 is 1.41 bits per heavy atom. The van der Waals surface area contributed by atoms with E-state index in [4.69, 9.17) is 0 Å². The number of hydrogen-bond acceptors (Lipinski definition) is 2. The molecule has 1 saturated heterocycles. The number of nitrogens with zero attached hydrogens (tertiary/aromatic N) is 1. The van der Waals surface area contributed by atoms with Crippen molar-refractivity contribution in [2.24, 2.45) is 5.92 Å². The van der Waals surface area contributed by atoms with E-state index in [0.717, 1.165) is 6.42 Å². The number of amides is 1. The number of carbonyl (C=O) groups excluding carboxylic acids is 1. The Bertz CT molecular complexity index is 462. The molecule has 90 valence electrons. The predicted molar refractivity (Wildman–Crippen MR) is 61.6 cm³/mol. The molecule has 1 aromatic carbocycles. The molecule has 1 aliphatic heterocycles. The Hall–Kier alpha value is -1.42. The number of carbonyl (C=O) groups is 1. The molecule has 3 nitrogen and oxygen atoms in total. The quantitative estimate of drug-likeness (QED) is 0.844. The molecule has 1 heterocycles. The van der Waals surface area contributed by atoms with Crippen molar-refractivity contribution in [1.82, 2.24) is 10.2 Å². The molecule has 0 aromatic heterocycles. The van der Waals surface area contributed by atoms with Crippen molar-refractivity contribution in [3.05, 3.63) is 35.6 Å². The maximum absolute atomic E-state index is 13.7. The zero-order valence-electron chi connectivity index (χ0n) is 9.69. The Morgan fingerprint density at radius 2 is 2.12 bits per heavy atom. The molecule has 0 radical (unpaired) electrons. The molecule has 1 N–H and O–H groups in total. The van der Waals surface area contributed by atoms with Crippen LogP contribution in [0, 0.1) is 11.7 Å². The third-order valence-corrected chi connectivity index (χ3v) is 3.64. The van der Waals surface area contributed by atoms with Crippen molar-refractivity contribution < 1.29 is 9.18 Å². The van der Waals surface area contributed by atoms with E-state index in [1.165, 1.54) is 6.07 Å². The number of benzene rings is 1. The Morgan fingerprint density at radius 3 is 2.76 bits per heavy atom. The van der Waals surface area contributed by atoms with Crippen LogP contribution < -0.4 is 5.32 Å². The monoisotopic (exact) mass is 234 g/mol. The maximum atomic E-state index is 13.7. The fourth-order valence-electron chi connectivity index (χ4n) is 2.54. The maximum Gasteiger partial charge on any atom is 0.238 e. The Kier molecular flexibility index (Phi) is 2.40. The average molecular weight is 234 g/mol. The van der Waals surface area contributed by atoms with Gasteiger partial charge in [-0.15, -0.1) is 0 Å². The number of halogens is 1. The number of hydrogen-bond donors (Lipinski definition) is 1. The first-order valence-electron chi connectivity index (χ1n) is 5.97. The second-order valence-electron chi connectivity index (χ2n) is 4.89. The van der Waals surface area contributed by atoms with Crippen molar-refractivity contribution in [2.75, 3.05) is 6.54 Å². The highest BCUT2D eigenvalue weighted by atomic mass is 19.1. The SMILES string of the molecule is CC1CC1N1C(=O)CNC1c1ccccc1F. The summed E-state index contributed by atoms with van der Waals surface area (Å²) in [5, 5.41) is 3.09. The van der Waals surface area contributed by atoms with Gasteiger partial charge in [0.2, 0.25) is 5.91 Å². The minimum absolute atomic E-state index is 0.0765. The van der Waals surface area contributed by atoms with Crippen LogP contribution in [0.25, 0.3) is 0 Å². The largest absolute Gasteiger partial charge is 0.318 e. The molecule has 1 amide bonds. The molecule has 0 spiro atoms. The summed E-state index contributed by atoms with van der Waals surface area (Å²) in [6, 6.07) is 6.93. The minimum atomic E-state index is -0.293. The summed E-state index contributed by atoms with van der Waals surface area (Å²) in [6.45, 7) is 2.43. The molecule has 1 saturated carbocycles. The fourth-order valence-corrected chi connectivity index (χ4v) is 2.54. The van der Waals surface area contributed by atoms with E-state index < -0.39 is 0 Å². The van der Waals surface area contributed by atoms with E-state index in [2.05, 4.69) is 12.2 Å². The highest BCUT2D eigenvalue weighted by Gasteiger charge is 2.47. The van der Waals surface area contributed by atoms with Gasteiger partial charge in [-0.05, 0) is 18.4 Å². The number of rotatable bonds is 2. The molecule has 17 heavy (non-hydrogen) atoms. The van der Waals surface area contributed by atoms with Crippen LogP contribution in [0.5, 0.6) is 0 Å². The van der Waals surface area contributed by atoms with Crippen LogP contribution in [0.4, 0.5) is 4.39 Å². The van der Waals surface area contributed by atoms with Gasteiger partial charge in [-0.2, -0.15) is 0 Å². The van der Waals surface area contributed by atoms with Crippen molar-refractivity contribution in [3.63, 3.8) is 0 Å². The van der Waals surface area contributed by atoms with Crippen LogP contribution >= 0.6 is 0 Å². The first-order valence-corrected chi connectivity index (χ1v) is 5.97. The van der Waals surface area contributed by atoms with E-state index in [1.807, 2.05) is 4.90 Å². The summed E-state index contributed by atoms with van der Waals surface area (Å²) < 4.78 is 13.7. The van der Waals surface area contributed by atoms with E-state index in [-0.39, 0.29) is 23.9 Å². The normalized spacial score (nSPS) is 32.0. The van der Waals surface area contributed by atoms with Crippen LogP contribution in [0.1, 0.15) is 25.1 Å². The zero-order chi connectivity index (χ0) is 12.0. The first-order chi connectivity index (χ1) is 8.18. The van der Waals surface area contributed by atoms with Crippen molar-refractivity contribution in [3.8, 4) is 0 Å². The van der Waals surface area contributed by atoms with Gasteiger partial charge in [0, 0.05) is 11.6 Å². The van der Waals surface area contributed by atoms with Crippen LogP contribution in [0.2, 0.25) is 0 Å². The summed E-state index contributed by atoms with van der Waals surface area (Å²) in [4.78, 5) is 13.6.